The normalized spacial score (nSPS) is 27.1. The highest BCUT2D eigenvalue weighted by molar-refractivity contribution is 6.37. The fourth-order valence-electron chi connectivity index (χ4n) is 7.11. The Morgan fingerprint density at radius 1 is 1.09 bits per heavy atom. The third-order valence-electron chi connectivity index (χ3n) is 9.63. The zero-order chi connectivity index (χ0) is 32.1. The molecule has 1 unspecified atom stereocenters. The van der Waals surface area contributed by atoms with Crippen LogP contribution in [0.2, 0.25) is 0 Å². The van der Waals surface area contributed by atoms with E-state index in [9.17, 15) is 24.0 Å². The van der Waals surface area contributed by atoms with Gasteiger partial charge in [0.05, 0.1) is 30.8 Å². The number of nitrogens with two attached hydrogens (primary N) is 1. The summed E-state index contributed by atoms with van der Waals surface area (Å²) >= 11 is 0. The van der Waals surface area contributed by atoms with Gasteiger partial charge in [-0.1, -0.05) is 44.2 Å². The Balaban J connectivity index is 1.44. The maximum atomic E-state index is 14.5. The van der Waals surface area contributed by atoms with Gasteiger partial charge in [0.25, 0.3) is 5.91 Å². The van der Waals surface area contributed by atoms with Crippen LogP contribution in [0.1, 0.15) is 90.0 Å². The zero-order valence-electron chi connectivity index (χ0n) is 26.6. The number of hydrogen-bond acceptors (Lipinski definition) is 7. The highest BCUT2D eigenvalue weighted by Gasteiger charge is 2.46. The standard InChI is InChI=1S/C34H48N4O7/c1-34(2)14-7-15-44-24-11-6-8-22(16-24)18-28(39)37-29(23-9-4-3-5-10-23)33(43)38-20-25(45-34)19-27(38)32(42)36-26(17-21-12-13-21)30(40)31(35)41/h6,8,11,16,21,23,25-27,29H,3-5,7,9-10,12-15,17-20H2,1-2H3,(H2,35,41)(H,36,42)(H,37,39)/t25-,26?,27+,29+/m1/s1. The quantitative estimate of drug-likeness (QED) is 0.394. The fraction of sp³-hybridized carbons (Fsp3) is 0.676. The number of fused-ring (bicyclic) bond motifs is 4. The molecule has 2 aliphatic carbocycles. The lowest BCUT2D eigenvalue weighted by Gasteiger charge is -2.35. The van der Waals surface area contributed by atoms with Gasteiger partial charge in [0.2, 0.25) is 23.5 Å². The van der Waals surface area contributed by atoms with Crippen molar-refractivity contribution < 1.29 is 33.4 Å². The molecule has 246 valence electrons. The van der Waals surface area contributed by atoms with Crippen molar-refractivity contribution in [2.75, 3.05) is 13.2 Å². The minimum Gasteiger partial charge on any atom is -0.494 e. The van der Waals surface area contributed by atoms with Gasteiger partial charge in [-0.05, 0) is 75.5 Å². The van der Waals surface area contributed by atoms with Crippen LogP contribution >= 0.6 is 0 Å². The van der Waals surface area contributed by atoms with Crippen LogP contribution in [0, 0.1) is 11.8 Å². The van der Waals surface area contributed by atoms with Gasteiger partial charge in [-0.15, -0.1) is 0 Å². The lowest BCUT2D eigenvalue weighted by atomic mass is 9.83. The average Bonchev–Trinajstić information content (AvgIpc) is 3.73. The van der Waals surface area contributed by atoms with Crippen LogP contribution in [-0.2, 0) is 35.1 Å². The first-order chi connectivity index (χ1) is 21.5. The monoisotopic (exact) mass is 624 g/mol. The van der Waals surface area contributed by atoms with E-state index in [1.165, 1.54) is 4.90 Å². The van der Waals surface area contributed by atoms with Crippen LogP contribution in [0.5, 0.6) is 5.75 Å². The van der Waals surface area contributed by atoms with Gasteiger partial charge in [-0.25, -0.2) is 0 Å². The minimum atomic E-state index is -1.09. The molecule has 2 heterocycles. The summed E-state index contributed by atoms with van der Waals surface area (Å²) in [6.07, 6.45) is 8.09. The van der Waals surface area contributed by atoms with Crippen molar-refractivity contribution in [3.8, 4) is 5.75 Å². The first-order valence-corrected chi connectivity index (χ1v) is 16.6. The van der Waals surface area contributed by atoms with Crippen LogP contribution in [0.3, 0.4) is 0 Å². The summed E-state index contributed by atoms with van der Waals surface area (Å²) in [5.41, 5.74) is 5.55. The average molecular weight is 625 g/mol. The summed E-state index contributed by atoms with van der Waals surface area (Å²) in [5.74, 6) is -2.15. The van der Waals surface area contributed by atoms with Crippen LogP contribution in [-0.4, -0.2) is 77.3 Å². The third kappa shape index (κ3) is 8.83. The fourth-order valence-corrected chi connectivity index (χ4v) is 7.11. The van der Waals surface area contributed by atoms with Crippen LogP contribution in [0.25, 0.3) is 0 Å². The number of hydrogen-bond donors (Lipinski definition) is 3. The van der Waals surface area contributed by atoms with Crippen LogP contribution < -0.4 is 21.1 Å². The summed E-state index contributed by atoms with van der Waals surface area (Å²) < 4.78 is 12.5. The molecule has 1 aromatic rings. The van der Waals surface area contributed by atoms with Crippen molar-refractivity contribution >= 4 is 29.4 Å². The van der Waals surface area contributed by atoms with Crippen molar-refractivity contribution in [2.24, 2.45) is 17.6 Å². The number of carbonyl (C=O) groups is 5. The van der Waals surface area contributed by atoms with E-state index >= 15 is 0 Å². The lowest BCUT2D eigenvalue weighted by molar-refractivity contribution is -0.144. The molecule has 0 aromatic heterocycles. The summed E-state index contributed by atoms with van der Waals surface area (Å²) in [6, 6.07) is 4.68. The molecule has 4 amide bonds. The van der Waals surface area contributed by atoms with Gasteiger partial charge in [0.15, 0.2) is 0 Å². The summed E-state index contributed by atoms with van der Waals surface area (Å²) in [7, 11) is 0. The Kier molecular flexibility index (Phi) is 10.5. The predicted molar refractivity (Wildman–Crippen MR) is 166 cm³/mol. The Bertz CT molecular complexity index is 1270. The van der Waals surface area contributed by atoms with Gasteiger partial charge in [-0.2, -0.15) is 0 Å². The molecule has 11 heteroatoms. The Morgan fingerprint density at radius 2 is 1.84 bits per heavy atom. The third-order valence-corrected chi connectivity index (χ3v) is 9.63. The first-order valence-electron chi connectivity index (χ1n) is 16.6. The molecule has 3 fully saturated rings. The van der Waals surface area contributed by atoms with Gasteiger partial charge in [0.1, 0.15) is 17.8 Å². The zero-order valence-corrected chi connectivity index (χ0v) is 26.6. The van der Waals surface area contributed by atoms with E-state index < -0.39 is 47.4 Å². The van der Waals surface area contributed by atoms with E-state index in [-0.39, 0.29) is 43.0 Å². The molecule has 4 N–H and O–H groups in total. The number of ether oxygens (including phenoxy) is 2. The molecule has 11 nitrogen and oxygen atoms in total. The van der Waals surface area contributed by atoms with Gasteiger partial charge < -0.3 is 30.7 Å². The summed E-state index contributed by atoms with van der Waals surface area (Å²) in [4.78, 5) is 67.8. The number of primary amides is 1. The molecule has 5 rings (SSSR count). The topological polar surface area (TPSA) is 157 Å². The largest absolute Gasteiger partial charge is 0.494 e. The highest BCUT2D eigenvalue weighted by Crippen LogP contribution is 2.35. The second kappa shape index (κ2) is 14.3. The number of nitrogens with zero attached hydrogens (tertiary/aromatic N) is 1. The van der Waals surface area contributed by atoms with Gasteiger partial charge in [-0.3, -0.25) is 24.0 Å². The van der Waals surface area contributed by atoms with E-state index in [1.54, 1.807) is 0 Å². The molecule has 2 saturated carbocycles. The van der Waals surface area contributed by atoms with Crippen molar-refractivity contribution in [1.82, 2.24) is 15.5 Å². The number of carbonyl (C=O) groups excluding carboxylic acids is 5. The maximum absolute atomic E-state index is 14.5. The number of amides is 4. The molecule has 45 heavy (non-hydrogen) atoms. The molecule has 0 spiro atoms. The maximum Gasteiger partial charge on any atom is 0.287 e. The molecular formula is C34H48N4O7. The van der Waals surface area contributed by atoms with Gasteiger partial charge >= 0.3 is 0 Å². The Morgan fingerprint density at radius 3 is 2.56 bits per heavy atom. The van der Waals surface area contributed by atoms with E-state index in [1.807, 2.05) is 38.1 Å². The number of ketones is 1. The molecule has 0 radical (unpaired) electrons. The summed E-state index contributed by atoms with van der Waals surface area (Å²) in [6.45, 7) is 4.63. The van der Waals surface area contributed by atoms with E-state index in [2.05, 4.69) is 10.6 Å². The number of nitrogens with one attached hydrogen (secondary N) is 2. The van der Waals surface area contributed by atoms with Crippen molar-refractivity contribution in [3.05, 3.63) is 29.8 Å². The minimum absolute atomic E-state index is 0.0638. The van der Waals surface area contributed by atoms with Crippen LogP contribution in [0.4, 0.5) is 0 Å². The van der Waals surface area contributed by atoms with Crippen molar-refractivity contribution in [2.45, 2.75) is 121 Å². The van der Waals surface area contributed by atoms with Crippen molar-refractivity contribution in [3.63, 3.8) is 0 Å². The molecular weight excluding hydrogens is 576 g/mol. The number of benzene rings is 1. The SMILES string of the molecule is CC1(C)CCCOc2cccc(c2)CC(=O)N[C@@H](C2CCCCC2)C(=O)N2C[C@@H](C[C@H]2C(=O)NC(CC2CC2)C(=O)C(N)=O)O1. The molecule has 4 aliphatic rings. The predicted octanol–water partition coefficient (Wildman–Crippen LogP) is 2.57. The van der Waals surface area contributed by atoms with Crippen molar-refractivity contribution in [1.29, 1.82) is 0 Å². The Hall–Kier alpha value is -3.47. The number of rotatable bonds is 7. The summed E-state index contributed by atoms with van der Waals surface area (Å²) in [5, 5.41) is 5.82. The van der Waals surface area contributed by atoms with Crippen LogP contribution in [0.15, 0.2) is 24.3 Å². The second-order valence-corrected chi connectivity index (χ2v) is 13.9. The molecule has 1 saturated heterocycles. The van der Waals surface area contributed by atoms with E-state index in [0.29, 0.717) is 25.2 Å². The second-order valence-electron chi connectivity index (χ2n) is 13.9. The smallest absolute Gasteiger partial charge is 0.287 e. The number of Topliss-reactive ketones (excluding diaryl/α,β-unsaturated/α-hetero) is 1. The van der Waals surface area contributed by atoms with E-state index in [4.69, 9.17) is 15.2 Å². The first kappa shape index (κ1) is 32.9. The molecule has 1 aromatic carbocycles. The van der Waals surface area contributed by atoms with E-state index in [0.717, 1.165) is 56.9 Å². The lowest BCUT2D eigenvalue weighted by Crippen LogP contribution is -2.58. The molecule has 4 bridgehead atoms. The highest BCUT2D eigenvalue weighted by atomic mass is 16.5. The molecule has 4 atom stereocenters. The van der Waals surface area contributed by atoms with Gasteiger partial charge in [0, 0.05) is 13.0 Å². The Labute approximate surface area is 265 Å². The molecule has 2 aliphatic heterocycles.